The predicted octanol–water partition coefficient (Wildman–Crippen LogP) is 4.54. The Bertz CT molecular complexity index is 1190. The van der Waals surface area contributed by atoms with Crippen molar-refractivity contribution in [2.45, 2.75) is 12.1 Å². The van der Waals surface area contributed by atoms with Gasteiger partial charge in [0.05, 0.1) is 29.5 Å². The van der Waals surface area contributed by atoms with Crippen LogP contribution in [0.2, 0.25) is 5.02 Å². The third-order valence-electron chi connectivity index (χ3n) is 5.74. The highest BCUT2D eigenvalue weighted by Crippen LogP contribution is 2.47. The van der Waals surface area contributed by atoms with E-state index in [9.17, 15) is 14.0 Å². The number of rotatable bonds is 4. The van der Waals surface area contributed by atoms with Crippen LogP contribution in [0.25, 0.3) is 0 Å². The minimum Gasteiger partial charge on any atom is -0.497 e. The van der Waals surface area contributed by atoms with Gasteiger partial charge in [0.1, 0.15) is 17.5 Å². The van der Waals surface area contributed by atoms with E-state index in [0.29, 0.717) is 11.4 Å². The molecule has 162 valence electrons. The zero-order chi connectivity index (χ0) is 22.4. The van der Waals surface area contributed by atoms with Gasteiger partial charge in [0.15, 0.2) is 6.10 Å². The van der Waals surface area contributed by atoms with E-state index in [1.54, 1.807) is 36.4 Å². The average molecular weight is 453 g/mol. The molecular formula is C24H18ClFN2O4. The first kappa shape index (κ1) is 20.5. The number of halogens is 2. The van der Waals surface area contributed by atoms with Gasteiger partial charge in [-0.15, -0.1) is 0 Å². The lowest BCUT2D eigenvalue weighted by molar-refractivity contribution is -0.126. The Morgan fingerprint density at radius 1 is 0.938 bits per heavy atom. The molecule has 5 rings (SSSR count). The molecule has 2 heterocycles. The SMILES string of the molecule is COc1ccc(N2O[C@@H]3C(=O)N(c4ccc(Cl)c(F)c4)C(=O)[C@@H]3[C@H]2c2ccccc2)cc1. The van der Waals surface area contributed by atoms with Gasteiger partial charge in [0.25, 0.3) is 5.91 Å². The molecule has 0 saturated carbocycles. The minimum atomic E-state index is -1.03. The highest BCUT2D eigenvalue weighted by molar-refractivity contribution is 6.31. The molecule has 2 aliphatic rings. The fraction of sp³-hybridized carbons (Fsp3) is 0.167. The fourth-order valence-corrected chi connectivity index (χ4v) is 4.35. The number of hydroxylamine groups is 1. The smallest absolute Gasteiger partial charge is 0.266 e. The summed E-state index contributed by atoms with van der Waals surface area (Å²) in [7, 11) is 1.57. The third kappa shape index (κ3) is 3.21. The number of carbonyl (C=O) groups is 2. The molecule has 32 heavy (non-hydrogen) atoms. The van der Waals surface area contributed by atoms with Gasteiger partial charge in [0.2, 0.25) is 5.91 Å². The summed E-state index contributed by atoms with van der Waals surface area (Å²) < 4.78 is 19.3. The zero-order valence-corrected chi connectivity index (χ0v) is 17.7. The van der Waals surface area contributed by atoms with Crippen molar-refractivity contribution in [1.29, 1.82) is 0 Å². The largest absolute Gasteiger partial charge is 0.497 e. The first-order chi connectivity index (χ1) is 15.5. The molecule has 0 spiro atoms. The molecule has 2 amide bonds. The van der Waals surface area contributed by atoms with Gasteiger partial charge < -0.3 is 4.74 Å². The molecule has 3 atom stereocenters. The normalized spacial score (nSPS) is 22.4. The van der Waals surface area contributed by atoms with E-state index >= 15 is 0 Å². The van der Waals surface area contributed by atoms with Gasteiger partial charge in [-0.05, 0) is 48.0 Å². The van der Waals surface area contributed by atoms with Crippen LogP contribution in [0.15, 0.2) is 72.8 Å². The summed E-state index contributed by atoms with van der Waals surface area (Å²) in [5, 5.41) is 1.51. The van der Waals surface area contributed by atoms with Crippen molar-refractivity contribution >= 4 is 34.8 Å². The monoisotopic (exact) mass is 452 g/mol. The van der Waals surface area contributed by atoms with Crippen LogP contribution in [-0.4, -0.2) is 25.0 Å². The Balaban J connectivity index is 1.56. The number of hydrogen-bond donors (Lipinski definition) is 0. The molecule has 3 aromatic rings. The summed E-state index contributed by atoms with van der Waals surface area (Å²) in [6, 6.07) is 19.8. The number of benzene rings is 3. The zero-order valence-electron chi connectivity index (χ0n) is 16.9. The van der Waals surface area contributed by atoms with Gasteiger partial charge in [-0.2, -0.15) is 0 Å². The number of carbonyl (C=O) groups excluding carboxylic acids is 2. The molecule has 3 aromatic carbocycles. The van der Waals surface area contributed by atoms with E-state index in [0.717, 1.165) is 16.5 Å². The summed E-state index contributed by atoms with van der Waals surface area (Å²) >= 11 is 5.76. The number of nitrogens with zero attached hydrogens (tertiary/aromatic N) is 2. The van der Waals surface area contributed by atoms with Crippen molar-refractivity contribution in [2.75, 3.05) is 17.1 Å². The Morgan fingerprint density at radius 2 is 1.62 bits per heavy atom. The first-order valence-corrected chi connectivity index (χ1v) is 10.4. The van der Waals surface area contributed by atoms with E-state index in [1.165, 1.54) is 12.1 Å². The van der Waals surface area contributed by atoms with Crippen LogP contribution in [0.1, 0.15) is 11.6 Å². The van der Waals surface area contributed by atoms with Gasteiger partial charge in [-0.1, -0.05) is 41.9 Å². The topological polar surface area (TPSA) is 59.1 Å². The van der Waals surface area contributed by atoms with Crippen LogP contribution in [0, 0.1) is 11.7 Å². The summed E-state index contributed by atoms with van der Waals surface area (Å²) in [4.78, 5) is 33.7. The van der Waals surface area contributed by atoms with Crippen molar-refractivity contribution < 1.29 is 23.6 Å². The number of methoxy groups -OCH3 is 1. The summed E-state index contributed by atoms with van der Waals surface area (Å²) in [5.41, 5.74) is 1.63. The van der Waals surface area contributed by atoms with Crippen LogP contribution in [0.4, 0.5) is 15.8 Å². The number of ether oxygens (including phenoxy) is 1. The molecule has 0 aromatic heterocycles. The van der Waals surface area contributed by atoms with Crippen molar-refractivity contribution in [3.8, 4) is 5.75 Å². The van der Waals surface area contributed by atoms with Crippen molar-refractivity contribution in [2.24, 2.45) is 5.92 Å². The molecule has 0 N–H and O–H groups in total. The van der Waals surface area contributed by atoms with Gasteiger partial charge in [-0.25, -0.2) is 14.4 Å². The van der Waals surface area contributed by atoms with Crippen LogP contribution in [-0.2, 0) is 14.4 Å². The summed E-state index contributed by atoms with van der Waals surface area (Å²) in [6.45, 7) is 0. The molecule has 2 saturated heterocycles. The third-order valence-corrected chi connectivity index (χ3v) is 6.05. The van der Waals surface area contributed by atoms with Crippen molar-refractivity contribution in [1.82, 2.24) is 0 Å². The van der Waals surface area contributed by atoms with Crippen LogP contribution in [0.3, 0.4) is 0 Å². The predicted molar refractivity (Wildman–Crippen MR) is 117 cm³/mol. The van der Waals surface area contributed by atoms with Crippen molar-refractivity contribution in [3.05, 3.63) is 89.2 Å². The number of fused-ring (bicyclic) bond motifs is 1. The molecule has 2 fully saturated rings. The second kappa shape index (κ2) is 7.93. The Hall–Kier alpha value is -3.42. The standard InChI is InChI=1S/C24H18ClFN2O4/c1-31-17-10-7-15(8-11-17)28-21(14-5-3-2-4-6-14)20-22(32-28)24(30)27(23(20)29)16-9-12-18(25)19(26)13-16/h2-13,20-22H,1H3/t20-,21-,22+/m1/s1. The maximum atomic E-state index is 14.0. The Kier molecular flexibility index (Phi) is 5.07. The molecule has 0 unspecified atom stereocenters. The molecule has 0 aliphatic carbocycles. The van der Waals surface area contributed by atoms with Gasteiger partial charge >= 0.3 is 0 Å². The molecular weight excluding hydrogens is 435 g/mol. The first-order valence-electron chi connectivity index (χ1n) is 9.97. The Morgan fingerprint density at radius 3 is 2.28 bits per heavy atom. The van der Waals surface area contributed by atoms with E-state index < -0.39 is 35.7 Å². The molecule has 8 heteroatoms. The Labute approximate surface area is 188 Å². The molecule has 6 nitrogen and oxygen atoms in total. The van der Waals surface area contributed by atoms with Gasteiger partial charge in [0, 0.05) is 0 Å². The fourth-order valence-electron chi connectivity index (χ4n) is 4.24. The quantitative estimate of drug-likeness (QED) is 0.544. The number of anilines is 2. The highest BCUT2D eigenvalue weighted by atomic mass is 35.5. The second-order valence-corrected chi connectivity index (χ2v) is 7.95. The average Bonchev–Trinajstić information content (AvgIpc) is 3.32. The van der Waals surface area contributed by atoms with E-state index in [2.05, 4.69) is 0 Å². The van der Waals surface area contributed by atoms with E-state index in [4.69, 9.17) is 21.2 Å². The van der Waals surface area contributed by atoms with E-state index in [-0.39, 0.29) is 10.7 Å². The van der Waals surface area contributed by atoms with E-state index in [1.807, 2.05) is 30.3 Å². The second-order valence-electron chi connectivity index (χ2n) is 7.54. The maximum absolute atomic E-state index is 14.0. The maximum Gasteiger partial charge on any atom is 0.266 e. The van der Waals surface area contributed by atoms with Crippen LogP contribution >= 0.6 is 11.6 Å². The lowest BCUT2D eigenvalue weighted by Gasteiger charge is -2.28. The lowest BCUT2D eigenvalue weighted by atomic mass is 9.90. The number of hydrogen-bond acceptors (Lipinski definition) is 5. The van der Waals surface area contributed by atoms with Crippen LogP contribution in [0.5, 0.6) is 5.75 Å². The highest BCUT2D eigenvalue weighted by Gasteiger charge is 2.60. The van der Waals surface area contributed by atoms with Crippen molar-refractivity contribution in [3.63, 3.8) is 0 Å². The van der Waals surface area contributed by atoms with Crippen LogP contribution < -0.4 is 14.7 Å². The lowest BCUT2D eigenvalue weighted by Crippen LogP contribution is -2.37. The summed E-state index contributed by atoms with van der Waals surface area (Å²) in [5.74, 6) is -1.83. The minimum absolute atomic E-state index is 0.0860. The molecule has 0 bridgehead atoms. The number of imide groups is 1. The number of amides is 2. The summed E-state index contributed by atoms with van der Waals surface area (Å²) in [6.07, 6.45) is -1.03. The molecule has 0 radical (unpaired) electrons. The van der Waals surface area contributed by atoms with Gasteiger partial charge in [-0.3, -0.25) is 14.4 Å². The molecule has 2 aliphatic heterocycles.